The van der Waals surface area contributed by atoms with Crippen molar-refractivity contribution in [3.63, 3.8) is 0 Å². The summed E-state index contributed by atoms with van der Waals surface area (Å²) in [6.45, 7) is 5.62. The van der Waals surface area contributed by atoms with Crippen molar-refractivity contribution < 1.29 is 0 Å². The standard InChI is InChI=1S/C14H29N3/c1-4-8-14(11-15,12-5-6-12)17-9-7-13(10-17)16(2)3/h12-13H,4-11,15H2,1-3H3. The van der Waals surface area contributed by atoms with E-state index in [0.29, 0.717) is 5.54 Å². The molecule has 0 aromatic heterocycles. The smallest absolute Gasteiger partial charge is 0.0360 e. The van der Waals surface area contributed by atoms with Crippen molar-refractivity contribution in [3.05, 3.63) is 0 Å². The fourth-order valence-electron chi connectivity index (χ4n) is 3.64. The van der Waals surface area contributed by atoms with Gasteiger partial charge in [0.25, 0.3) is 0 Å². The third kappa shape index (κ3) is 2.51. The average molecular weight is 239 g/mol. The van der Waals surface area contributed by atoms with Crippen molar-refractivity contribution >= 4 is 0 Å². The first-order chi connectivity index (χ1) is 8.14. The maximum absolute atomic E-state index is 6.18. The van der Waals surface area contributed by atoms with Gasteiger partial charge in [0.2, 0.25) is 0 Å². The van der Waals surface area contributed by atoms with Crippen LogP contribution < -0.4 is 5.73 Å². The molecule has 2 unspecified atom stereocenters. The molecular weight excluding hydrogens is 210 g/mol. The second-order valence-corrected chi connectivity index (χ2v) is 6.18. The molecule has 0 spiro atoms. The summed E-state index contributed by atoms with van der Waals surface area (Å²) in [5, 5.41) is 0. The number of hydrogen-bond donors (Lipinski definition) is 1. The van der Waals surface area contributed by atoms with E-state index in [0.717, 1.165) is 18.5 Å². The second-order valence-electron chi connectivity index (χ2n) is 6.18. The zero-order chi connectivity index (χ0) is 12.5. The van der Waals surface area contributed by atoms with Gasteiger partial charge >= 0.3 is 0 Å². The van der Waals surface area contributed by atoms with Crippen LogP contribution in [0.4, 0.5) is 0 Å². The Hall–Kier alpha value is -0.120. The molecule has 0 radical (unpaired) electrons. The Balaban J connectivity index is 2.06. The summed E-state index contributed by atoms with van der Waals surface area (Å²) in [6, 6.07) is 0.733. The first kappa shape index (κ1) is 13.3. The van der Waals surface area contributed by atoms with Gasteiger partial charge < -0.3 is 10.6 Å². The van der Waals surface area contributed by atoms with Crippen LogP contribution in [-0.4, -0.2) is 55.1 Å². The summed E-state index contributed by atoms with van der Waals surface area (Å²) in [6.07, 6.45) is 6.66. The molecule has 0 aromatic rings. The van der Waals surface area contributed by atoms with Crippen molar-refractivity contribution in [2.75, 3.05) is 33.7 Å². The molecule has 1 heterocycles. The fraction of sp³-hybridized carbons (Fsp3) is 1.00. The lowest BCUT2D eigenvalue weighted by Crippen LogP contribution is -2.55. The molecule has 1 saturated heterocycles. The molecule has 2 aliphatic rings. The van der Waals surface area contributed by atoms with Crippen molar-refractivity contribution in [2.24, 2.45) is 11.7 Å². The molecule has 0 bridgehead atoms. The second kappa shape index (κ2) is 5.25. The Bertz CT molecular complexity index is 250. The first-order valence-electron chi connectivity index (χ1n) is 7.25. The van der Waals surface area contributed by atoms with E-state index < -0.39 is 0 Å². The van der Waals surface area contributed by atoms with Crippen molar-refractivity contribution in [2.45, 2.75) is 50.6 Å². The molecule has 2 fully saturated rings. The highest BCUT2D eigenvalue weighted by Gasteiger charge is 2.49. The normalized spacial score (nSPS) is 29.8. The van der Waals surface area contributed by atoms with E-state index in [4.69, 9.17) is 5.73 Å². The summed E-state index contributed by atoms with van der Waals surface area (Å²) in [5.41, 5.74) is 6.51. The van der Waals surface area contributed by atoms with E-state index in [9.17, 15) is 0 Å². The Labute approximate surface area is 106 Å². The van der Waals surface area contributed by atoms with Crippen LogP contribution in [0.25, 0.3) is 0 Å². The van der Waals surface area contributed by atoms with E-state index in [2.05, 4.69) is 30.8 Å². The van der Waals surface area contributed by atoms with Crippen LogP contribution >= 0.6 is 0 Å². The van der Waals surface area contributed by atoms with Gasteiger partial charge in [-0.25, -0.2) is 0 Å². The molecule has 3 nitrogen and oxygen atoms in total. The quantitative estimate of drug-likeness (QED) is 0.763. The summed E-state index contributed by atoms with van der Waals surface area (Å²) in [5.74, 6) is 0.883. The van der Waals surface area contributed by atoms with E-state index in [1.807, 2.05) is 0 Å². The van der Waals surface area contributed by atoms with Gasteiger partial charge in [-0.05, 0) is 45.7 Å². The number of likely N-dealkylation sites (N-methyl/N-ethyl adjacent to an activating group) is 1. The Morgan fingerprint density at radius 1 is 1.29 bits per heavy atom. The van der Waals surface area contributed by atoms with Crippen LogP contribution in [0.5, 0.6) is 0 Å². The van der Waals surface area contributed by atoms with Crippen LogP contribution in [0.15, 0.2) is 0 Å². The van der Waals surface area contributed by atoms with Crippen LogP contribution in [0, 0.1) is 5.92 Å². The van der Waals surface area contributed by atoms with Crippen molar-refractivity contribution in [1.82, 2.24) is 9.80 Å². The van der Waals surface area contributed by atoms with Crippen LogP contribution in [0.1, 0.15) is 39.0 Å². The van der Waals surface area contributed by atoms with Gasteiger partial charge in [0.05, 0.1) is 0 Å². The molecule has 1 aliphatic heterocycles. The summed E-state index contributed by atoms with van der Waals surface area (Å²) in [7, 11) is 4.41. The predicted octanol–water partition coefficient (Wildman–Crippen LogP) is 1.53. The Kier molecular flexibility index (Phi) is 4.11. The molecule has 2 N–H and O–H groups in total. The molecule has 0 aromatic carbocycles. The molecule has 0 amide bonds. The summed E-state index contributed by atoms with van der Waals surface area (Å²) < 4.78 is 0. The Morgan fingerprint density at radius 2 is 2.00 bits per heavy atom. The van der Waals surface area contributed by atoms with Gasteiger partial charge in [0, 0.05) is 31.2 Å². The number of rotatable bonds is 6. The summed E-state index contributed by atoms with van der Waals surface area (Å²) >= 11 is 0. The zero-order valence-electron chi connectivity index (χ0n) is 11.8. The van der Waals surface area contributed by atoms with Crippen molar-refractivity contribution in [3.8, 4) is 0 Å². The molecule has 2 rings (SSSR count). The van der Waals surface area contributed by atoms with Gasteiger partial charge in [-0.1, -0.05) is 13.3 Å². The lowest BCUT2D eigenvalue weighted by Gasteiger charge is -2.42. The largest absolute Gasteiger partial charge is 0.329 e. The molecule has 2 atom stereocenters. The number of likely N-dealkylation sites (tertiary alicyclic amines) is 1. The third-order valence-corrected chi connectivity index (χ3v) is 4.90. The monoisotopic (exact) mass is 239 g/mol. The highest BCUT2D eigenvalue weighted by atomic mass is 15.3. The van der Waals surface area contributed by atoms with E-state index in [1.165, 1.54) is 45.2 Å². The van der Waals surface area contributed by atoms with E-state index in [-0.39, 0.29) is 0 Å². The van der Waals surface area contributed by atoms with Crippen LogP contribution in [0.3, 0.4) is 0 Å². The van der Waals surface area contributed by atoms with Crippen molar-refractivity contribution in [1.29, 1.82) is 0 Å². The van der Waals surface area contributed by atoms with E-state index in [1.54, 1.807) is 0 Å². The van der Waals surface area contributed by atoms with Gasteiger partial charge in [-0.2, -0.15) is 0 Å². The predicted molar refractivity (Wildman–Crippen MR) is 73.1 cm³/mol. The van der Waals surface area contributed by atoms with Gasteiger partial charge in [0.1, 0.15) is 0 Å². The minimum atomic E-state index is 0.333. The lowest BCUT2D eigenvalue weighted by atomic mass is 9.86. The van der Waals surface area contributed by atoms with Crippen LogP contribution in [0.2, 0.25) is 0 Å². The highest BCUT2D eigenvalue weighted by Crippen LogP contribution is 2.46. The number of nitrogens with two attached hydrogens (primary N) is 1. The molecule has 1 saturated carbocycles. The number of nitrogens with zero attached hydrogens (tertiary/aromatic N) is 2. The van der Waals surface area contributed by atoms with Gasteiger partial charge in [0.15, 0.2) is 0 Å². The topological polar surface area (TPSA) is 32.5 Å². The fourth-order valence-corrected chi connectivity index (χ4v) is 3.64. The average Bonchev–Trinajstić information content (AvgIpc) is 3.03. The molecule has 100 valence electrons. The minimum absolute atomic E-state index is 0.333. The SMILES string of the molecule is CCCC(CN)(C1CC1)N1CCC(N(C)C)C1. The van der Waals surface area contributed by atoms with Crippen LogP contribution in [-0.2, 0) is 0 Å². The molecule has 17 heavy (non-hydrogen) atoms. The first-order valence-corrected chi connectivity index (χ1v) is 7.25. The third-order valence-electron chi connectivity index (χ3n) is 4.90. The zero-order valence-corrected chi connectivity index (χ0v) is 11.8. The maximum Gasteiger partial charge on any atom is 0.0360 e. The Morgan fingerprint density at radius 3 is 2.41 bits per heavy atom. The van der Waals surface area contributed by atoms with Gasteiger partial charge in [-0.3, -0.25) is 4.90 Å². The minimum Gasteiger partial charge on any atom is -0.329 e. The highest BCUT2D eigenvalue weighted by molar-refractivity contribution is 5.05. The maximum atomic E-state index is 6.18. The molecular formula is C14H29N3. The van der Waals surface area contributed by atoms with Gasteiger partial charge in [-0.15, -0.1) is 0 Å². The lowest BCUT2D eigenvalue weighted by molar-refractivity contribution is 0.0812. The number of hydrogen-bond acceptors (Lipinski definition) is 3. The van der Waals surface area contributed by atoms with E-state index >= 15 is 0 Å². The molecule has 1 aliphatic carbocycles. The molecule has 3 heteroatoms. The summed E-state index contributed by atoms with van der Waals surface area (Å²) in [4.78, 5) is 5.10.